The second-order valence-electron chi connectivity index (χ2n) is 20.6. The van der Waals surface area contributed by atoms with E-state index in [0.717, 1.165) is 0 Å². The number of aliphatic hydroxyl groups is 3. The number of ketones is 3. The number of carbonyl (C=O) groups excluding carboxylic acids is 3. The zero-order chi connectivity index (χ0) is 54.7. The van der Waals surface area contributed by atoms with Gasteiger partial charge in [-0.05, 0) is 72.5 Å². The fraction of sp³-hybridized carbons (Fsp3) is 0.786. The SMILES string of the molecule is CC1(C)C2CC[C@@]1(C)C(=O)/C2=C(/O)C(F)(F)C(F)(F)C(F)(F)F.CC1(C)C2CC[C@@]1(C)C(=O)/C2=C(/O)C(F)(F)C(F)(F)C(F)(F)F.CC1(C)C2CC[C@@]1(C)C(=O)/C2=C(\O)C(F)(F)C(F)(F)C(F)(F)F.[Eu]. The molecule has 6 aliphatic rings. The van der Waals surface area contributed by atoms with Crippen molar-refractivity contribution in [1.82, 2.24) is 0 Å². The van der Waals surface area contributed by atoms with Crippen LogP contribution in [0.5, 0.6) is 0 Å². The average molecular weight is 1200 g/mol. The van der Waals surface area contributed by atoms with Crippen LogP contribution in [0, 0.1) is 99.6 Å². The van der Waals surface area contributed by atoms with Crippen LogP contribution in [-0.4, -0.2) is 86.7 Å². The van der Waals surface area contributed by atoms with Crippen molar-refractivity contribution >= 4 is 17.3 Å². The normalized spacial score (nSPS) is 32.8. The zero-order valence-corrected chi connectivity index (χ0v) is 40.3. The monoisotopic (exact) mass is 1200 g/mol. The van der Waals surface area contributed by atoms with Gasteiger partial charge < -0.3 is 15.3 Å². The molecular weight excluding hydrogens is 1150 g/mol. The summed E-state index contributed by atoms with van der Waals surface area (Å²) in [5.74, 6) is -50.5. The number of hydrogen-bond donors (Lipinski definition) is 3. The summed E-state index contributed by atoms with van der Waals surface area (Å²) >= 11 is 0. The summed E-state index contributed by atoms with van der Waals surface area (Å²) in [6.07, 6.45) is -18.3. The van der Waals surface area contributed by atoms with E-state index in [0.29, 0.717) is 19.3 Å². The molecule has 403 valence electrons. The molecule has 3 unspecified atom stereocenters. The predicted molar refractivity (Wildman–Crippen MR) is 196 cm³/mol. The number of rotatable bonds is 6. The average Bonchev–Trinajstić information content (AvgIpc) is 3.79. The van der Waals surface area contributed by atoms with Gasteiger partial charge in [-0.15, -0.1) is 0 Å². The Morgan fingerprint density at radius 2 is 0.529 bits per heavy atom. The first-order valence-corrected chi connectivity index (χ1v) is 20.5. The van der Waals surface area contributed by atoms with Gasteiger partial charge in [0.25, 0.3) is 0 Å². The summed E-state index contributed by atoms with van der Waals surface area (Å²) in [6, 6.07) is 0. The van der Waals surface area contributed by atoms with Gasteiger partial charge in [0, 0.05) is 82.3 Å². The standard InChI is InChI=1S/3C14H15F7O2.Eu/c3*1-10(2)6-4-5-11(10,3)8(22)7(6)9(23)12(15,16)13(17,18)14(19,20)21;/h3*6,23H,4-5H2,1-3H3;/b2*9-7+;9-7-;/t3*6?,11-;/m000./s1. The Kier molecular flexibility index (Phi) is 15.2. The van der Waals surface area contributed by atoms with E-state index < -0.39 is 156 Å². The molecule has 0 spiro atoms. The number of allylic oxidation sites excluding steroid dienone is 6. The van der Waals surface area contributed by atoms with Gasteiger partial charge in [-0.1, -0.05) is 62.3 Å². The Bertz CT molecular complexity index is 2020. The molecule has 6 rings (SSSR count). The molecule has 6 atom stereocenters. The van der Waals surface area contributed by atoms with Crippen LogP contribution >= 0.6 is 0 Å². The van der Waals surface area contributed by atoms with Crippen LogP contribution in [0.2, 0.25) is 0 Å². The van der Waals surface area contributed by atoms with Crippen molar-refractivity contribution in [2.75, 3.05) is 0 Å². The molecule has 6 bridgehead atoms. The Morgan fingerprint density at radius 3 is 0.643 bits per heavy atom. The van der Waals surface area contributed by atoms with Gasteiger partial charge in [-0.2, -0.15) is 92.2 Å². The van der Waals surface area contributed by atoms with Gasteiger partial charge in [0.1, 0.15) is 0 Å². The van der Waals surface area contributed by atoms with Crippen LogP contribution in [0.1, 0.15) is 101 Å². The van der Waals surface area contributed by atoms with Crippen molar-refractivity contribution in [1.29, 1.82) is 0 Å². The first kappa shape index (κ1) is 62.0. The molecule has 70 heavy (non-hydrogen) atoms. The summed E-state index contributed by atoms with van der Waals surface area (Å²) in [7, 11) is 0. The first-order valence-electron chi connectivity index (χ1n) is 20.5. The fourth-order valence-corrected chi connectivity index (χ4v) is 10.9. The van der Waals surface area contributed by atoms with Crippen LogP contribution in [0.4, 0.5) is 92.2 Å². The van der Waals surface area contributed by atoms with Gasteiger partial charge >= 0.3 is 54.1 Å². The molecule has 3 N–H and O–H groups in total. The van der Waals surface area contributed by atoms with Crippen LogP contribution in [0.25, 0.3) is 0 Å². The zero-order valence-electron chi connectivity index (χ0n) is 37.9. The minimum Gasteiger partial charge on any atom is -0.506 e. The van der Waals surface area contributed by atoms with E-state index in [9.17, 15) is 122 Å². The molecule has 0 heterocycles. The van der Waals surface area contributed by atoms with Crippen LogP contribution in [-0.2, 0) is 14.4 Å². The molecule has 6 fully saturated rings. The molecule has 0 amide bonds. The maximum atomic E-state index is 13.7. The van der Waals surface area contributed by atoms with Crippen molar-refractivity contribution in [2.45, 2.75) is 155 Å². The smallest absolute Gasteiger partial charge is 0.460 e. The van der Waals surface area contributed by atoms with E-state index in [1.165, 1.54) is 20.8 Å². The molecule has 0 saturated heterocycles. The second kappa shape index (κ2) is 17.1. The number of Topliss-reactive ketones (excluding diaryl/α,β-unsaturated/α-hetero) is 3. The van der Waals surface area contributed by atoms with E-state index in [1.807, 2.05) is 0 Å². The van der Waals surface area contributed by atoms with Crippen LogP contribution < -0.4 is 0 Å². The largest absolute Gasteiger partial charge is 0.506 e. The summed E-state index contributed by atoms with van der Waals surface area (Å²) in [4.78, 5) is 36.9. The number of carbonyl (C=O) groups is 3. The molecule has 0 aliphatic heterocycles. The number of alkyl halides is 21. The van der Waals surface area contributed by atoms with Gasteiger partial charge in [-0.3, -0.25) is 14.4 Å². The van der Waals surface area contributed by atoms with Crippen LogP contribution in [0.3, 0.4) is 0 Å². The Balaban J connectivity index is 0.000000276. The summed E-state index contributed by atoms with van der Waals surface area (Å²) in [5, 5.41) is 28.6. The van der Waals surface area contributed by atoms with E-state index in [4.69, 9.17) is 0 Å². The molecule has 0 aromatic carbocycles. The number of aliphatic hydroxyl groups excluding tert-OH is 3. The molecule has 0 aromatic rings. The van der Waals surface area contributed by atoms with Crippen LogP contribution in [0.15, 0.2) is 34.0 Å². The molecule has 28 heteroatoms. The molecular formula is C42H45EuF21O6. The minimum absolute atomic E-state index is 0. The van der Waals surface area contributed by atoms with Gasteiger partial charge in [0.15, 0.2) is 34.6 Å². The molecule has 0 aromatic heterocycles. The van der Waals surface area contributed by atoms with Crippen molar-refractivity contribution in [3.8, 4) is 0 Å². The Labute approximate surface area is 425 Å². The van der Waals surface area contributed by atoms with Gasteiger partial charge in [-0.25, -0.2) is 0 Å². The van der Waals surface area contributed by atoms with E-state index in [-0.39, 0.29) is 68.6 Å². The van der Waals surface area contributed by atoms with E-state index >= 15 is 0 Å². The Morgan fingerprint density at radius 1 is 0.371 bits per heavy atom. The molecule has 6 saturated carbocycles. The number of fused-ring (bicyclic) bond motifs is 6. The summed E-state index contributed by atoms with van der Waals surface area (Å²) in [6.45, 7) is 13.6. The van der Waals surface area contributed by atoms with Gasteiger partial charge in [0.05, 0.1) is 0 Å². The first-order chi connectivity index (χ1) is 30.1. The molecule has 1 radical (unpaired) electrons. The Hall–Kier alpha value is -2.26. The van der Waals surface area contributed by atoms with Crippen molar-refractivity contribution in [2.24, 2.45) is 50.2 Å². The third kappa shape index (κ3) is 7.90. The van der Waals surface area contributed by atoms with Gasteiger partial charge in [0.2, 0.25) is 0 Å². The second-order valence-corrected chi connectivity index (χ2v) is 20.6. The maximum absolute atomic E-state index is 13.7. The summed E-state index contributed by atoms with van der Waals surface area (Å²) < 4.78 is 271. The number of halogens is 21. The number of hydrogen-bond acceptors (Lipinski definition) is 6. The van der Waals surface area contributed by atoms with E-state index in [2.05, 4.69) is 0 Å². The van der Waals surface area contributed by atoms with Crippen molar-refractivity contribution < 1.29 is 171 Å². The van der Waals surface area contributed by atoms with Crippen molar-refractivity contribution in [3.63, 3.8) is 0 Å². The van der Waals surface area contributed by atoms with Crippen molar-refractivity contribution in [3.05, 3.63) is 34.0 Å². The third-order valence-electron chi connectivity index (χ3n) is 16.9. The predicted octanol–water partition coefficient (Wildman–Crippen LogP) is 14.0. The molecule has 6 aliphatic carbocycles. The fourth-order valence-electron chi connectivity index (χ4n) is 10.9. The summed E-state index contributed by atoms with van der Waals surface area (Å²) in [5.41, 5.74) is -9.29. The maximum Gasteiger partial charge on any atom is 0.460 e. The third-order valence-corrected chi connectivity index (χ3v) is 16.9. The quantitative estimate of drug-likeness (QED) is 0.139. The molecule has 6 nitrogen and oxygen atoms in total. The topological polar surface area (TPSA) is 112 Å². The minimum atomic E-state index is -6.56. The van der Waals surface area contributed by atoms with E-state index in [1.54, 1.807) is 41.5 Å².